The zero-order valence-corrected chi connectivity index (χ0v) is 14.7. The SMILES string of the molecule is CCCOc1ccccc1C(=O)Nc1ccc(Nc2ccccc2)cc1. The Bertz CT molecular complexity index is 846. The third kappa shape index (κ3) is 4.63. The van der Waals surface area contributed by atoms with Gasteiger partial charge in [0.25, 0.3) is 5.91 Å². The maximum absolute atomic E-state index is 12.6. The number of ether oxygens (including phenoxy) is 1. The minimum Gasteiger partial charge on any atom is -0.493 e. The van der Waals surface area contributed by atoms with E-state index in [2.05, 4.69) is 10.6 Å². The van der Waals surface area contributed by atoms with Crippen LogP contribution in [0, 0.1) is 0 Å². The topological polar surface area (TPSA) is 50.4 Å². The lowest BCUT2D eigenvalue weighted by molar-refractivity contribution is 0.102. The third-order valence-corrected chi connectivity index (χ3v) is 3.80. The number of nitrogens with one attached hydrogen (secondary N) is 2. The molecule has 0 aliphatic carbocycles. The number of amides is 1. The van der Waals surface area contributed by atoms with E-state index in [9.17, 15) is 4.79 Å². The maximum Gasteiger partial charge on any atom is 0.259 e. The van der Waals surface area contributed by atoms with Crippen LogP contribution < -0.4 is 15.4 Å². The average Bonchev–Trinajstić information content (AvgIpc) is 2.69. The number of carbonyl (C=O) groups excluding carboxylic acids is 1. The summed E-state index contributed by atoms with van der Waals surface area (Å²) < 4.78 is 5.66. The molecular formula is C22H22N2O2. The van der Waals surface area contributed by atoms with E-state index in [0.717, 1.165) is 23.5 Å². The summed E-state index contributed by atoms with van der Waals surface area (Å²) in [6.45, 7) is 2.62. The number of rotatable bonds is 7. The van der Waals surface area contributed by atoms with Gasteiger partial charge >= 0.3 is 0 Å². The second kappa shape index (κ2) is 8.72. The predicted octanol–water partition coefficient (Wildman–Crippen LogP) is 5.47. The van der Waals surface area contributed by atoms with Crippen LogP contribution in [0.25, 0.3) is 0 Å². The van der Waals surface area contributed by atoms with E-state index in [1.54, 1.807) is 6.07 Å². The van der Waals surface area contributed by atoms with E-state index < -0.39 is 0 Å². The molecule has 4 nitrogen and oxygen atoms in total. The average molecular weight is 346 g/mol. The van der Waals surface area contributed by atoms with Crippen LogP contribution in [0.15, 0.2) is 78.9 Å². The Morgan fingerprint density at radius 3 is 2.15 bits per heavy atom. The molecule has 3 aromatic rings. The first kappa shape index (κ1) is 17.5. The Morgan fingerprint density at radius 2 is 1.42 bits per heavy atom. The van der Waals surface area contributed by atoms with Crippen LogP contribution in [0.5, 0.6) is 5.75 Å². The molecule has 26 heavy (non-hydrogen) atoms. The van der Waals surface area contributed by atoms with Gasteiger partial charge < -0.3 is 15.4 Å². The van der Waals surface area contributed by atoms with E-state index >= 15 is 0 Å². The van der Waals surface area contributed by atoms with Gasteiger partial charge in [0.1, 0.15) is 5.75 Å². The summed E-state index contributed by atoms with van der Waals surface area (Å²) in [5.41, 5.74) is 3.25. The van der Waals surface area contributed by atoms with Gasteiger partial charge in [-0.3, -0.25) is 4.79 Å². The molecule has 3 aromatic carbocycles. The first-order chi connectivity index (χ1) is 12.8. The van der Waals surface area contributed by atoms with Gasteiger partial charge in [-0.1, -0.05) is 37.3 Å². The smallest absolute Gasteiger partial charge is 0.259 e. The van der Waals surface area contributed by atoms with Crippen LogP contribution in [-0.4, -0.2) is 12.5 Å². The van der Waals surface area contributed by atoms with E-state index in [0.29, 0.717) is 17.9 Å². The molecule has 0 aliphatic rings. The maximum atomic E-state index is 12.6. The molecule has 2 N–H and O–H groups in total. The molecular weight excluding hydrogens is 324 g/mol. The largest absolute Gasteiger partial charge is 0.493 e. The van der Waals surface area contributed by atoms with Crippen LogP contribution in [0.2, 0.25) is 0 Å². The number of benzene rings is 3. The molecule has 4 heteroatoms. The summed E-state index contributed by atoms with van der Waals surface area (Å²) in [6.07, 6.45) is 0.895. The van der Waals surface area contributed by atoms with Crippen molar-refractivity contribution in [3.8, 4) is 5.75 Å². The van der Waals surface area contributed by atoms with Crippen molar-refractivity contribution in [3.63, 3.8) is 0 Å². The van der Waals surface area contributed by atoms with Crippen molar-refractivity contribution >= 4 is 23.0 Å². The highest BCUT2D eigenvalue weighted by Crippen LogP contribution is 2.22. The molecule has 3 rings (SSSR count). The Morgan fingerprint density at radius 1 is 0.808 bits per heavy atom. The first-order valence-electron chi connectivity index (χ1n) is 8.71. The Kier molecular flexibility index (Phi) is 5.88. The second-order valence-electron chi connectivity index (χ2n) is 5.87. The van der Waals surface area contributed by atoms with E-state index in [1.165, 1.54) is 0 Å². The van der Waals surface area contributed by atoms with Crippen LogP contribution >= 0.6 is 0 Å². The standard InChI is InChI=1S/C22H22N2O2/c1-2-16-26-21-11-7-6-10-20(21)22(25)24-19-14-12-18(13-15-19)23-17-8-4-3-5-9-17/h3-15,23H,2,16H2,1H3,(H,24,25). The molecule has 0 aliphatic heterocycles. The highest BCUT2D eigenvalue weighted by molar-refractivity contribution is 6.06. The van der Waals surface area contributed by atoms with Crippen molar-refractivity contribution < 1.29 is 9.53 Å². The molecule has 0 radical (unpaired) electrons. The molecule has 0 fully saturated rings. The van der Waals surface area contributed by atoms with E-state index in [4.69, 9.17) is 4.74 Å². The highest BCUT2D eigenvalue weighted by atomic mass is 16.5. The summed E-state index contributed by atoms with van der Waals surface area (Å²) in [4.78, 5) is 12.6. The van der Waals surface area contributed by atoms with Gasteiger partial charge in [0, 0.05) is 17.1 Å². The van der Waals surface area contributed by atoms with Gasteiger partial charge in [-0.2, -0.15) is 0 Å². The van der Waals surface area contributed by atoms with Crippen LogP contribution in [-0.2, 0) is 0 Å². The molecule has 0 saturated heterocycles. The lowest BCUT2D eigenvalue weighted by atomic mass is 10.1. The lowest BCUT2D eigenvalue weighted by Crippen LogP contribution is -2.13. The molecule has 132 valence electrons. The van der Waals surface area contributed by atoms with E-state index in [1.807, 2.05) is 79.7 Å². The van der Waals surface area contributed by atoms with Gasteiger partial charge in [-0.15, -0.1) is 0 Å². The van der Waals surface area contributed by atoms with Crippen LogP contribution in [0.1, 0.15) is 23.7 Å². The van der Waals surface area contributed by atoms with Gasteiger partial charge in [0.2, 0.25) is 0 Å². The van der Waals surface area contributed by atoms with Crippen LogP contribution in [0.3, 0.4) is 0 Å². The molecule has 0 heterocycles. The molecule has 0 aromatic heterocycles. The van der Waals surface area contributed by atoms with Crippen molar-refractivity contribution in [3.05, 3.63) is 84.4 Å². The van der Waals surface area contributed by atoms with Crippen LogP contribution in [0.4, 0.5) is 17.1 Å². The summed E-state index contributed by atoms with van der Waals surface area (Å²) in [5, 5.41) is 6.24. The second-order valence-corrected chi connectivity index (χ2v) is 5.87. The number of carbonyl (C=O) groups is 1. The zero-order valence-electron chi connectivity index (χ0n) is 14.7. The zero-order chi connectivity index (χ0) is 18.2. The minimum absolute atomic E-state index is 0.180. The van der Waals surface area contributed by atoms with E-state index in [-0.39, 0.29) is 5.91 Å². The highest BCUT2D eigenvalue weighted by Gasteiger charge is 2.12. The molecule has 1 amide bonds. The predicted molar refractivity (Wildman–Crippen MR) is 106 cm³/mol. The molecule has 0 spiro atoms. The summed E-state index contributed by atoms with van der Waals surface area (Å²) in [6, 6.07) is 24.8. The van der Waals surface area contributed by atoms with Gasteiger partial charge in [-0.25, -0.2) is 0 Å². The fourth-order valence-corrected chi connectivity index (χ4v) is 2.52. The lowest BCUT2D eigenvalue weighted by Gasteiger charge is -2.12. The fourth-order valence-electron chi connectivity index (χ4n) is 2.52. The van der Waals surface area contributed by atoms with Crippen molar-refractivity contribution in [2.45, 2.75) is 13.3 Å². The molecule has 0 atom stereocenters. The normalized spacial score (nSPS) is 10.2. The Labute approximate surface area is 153 Å². The first-order valence-corrected chi connectivity index (χ1v) is 8.71. The summed E-state index contributed by atoms with van der Waals surface area (Å²) in [5.74, 6) is 0.426. The summed E-state index contributed by atoms with van der Waals surface area (Å²) in [7, 11) is 0. The quantitative estimate of drug-likeness (QED) is 0.596. The summed E-state index contributed by atoms with van der Waals surface area (Å²) >= 11 is 0. The number of para-hydroxylation sites is 2. The monoisotopic (exact) mass is 346 g/mol. The molecule has 0 saturated carbocycles. The number of hydrogen-bond donors (Lipinski definition) is 2. The van der Waals surface area contributed by atoms with Crippen molar-refractivity contribution in [1.82, 2.24) is 0 Å². The van der Waals surface area contributed by atoms with Gasteiger partial charge in [-0.05, 0) is 55.0 Å². The number of hydrogen-bond acceptors (Lipinski definition) is 3. The molecule has 0 bridgehead atoms. The Hall–Kier alpha value is -3.27. The molecule has 0 unspecified atom stereocenters. The minimum atomic E-state index is -0.180. The van der Waals surface area contributed by atoms with Crippen molar-refractivity contribution in [1.29, 1.82) is 0 Å². The van der Waals surface area contributed by atoms with Gasteiger partial charge in [0.05, 0.1) is 12.2 Å². The van der Waals surface area contributed by atoms with Gasteiger partial charge in [0.15, 0.2) is 0 Å². The van der Waals surface area contributed by atoms with Crippen molar-refractivity contribution in [2.75, 3.05) is 17.2 Å². The Balaban J connectivity index is 1.66. The number of anilines is 3. The fraction of sp³-hybridized carbons (Fsp3) is 0.136. The third-order valence-electron chi connectivity index (χ3n) is 3.80. The van der Waals surface area contributed by atoms with Crippen molar-refractivity contribution in [2.24, 2.45) is 0 Å².